The van der Waals surface area contributed by atoms with Crippen molar-refractivity contribution in [3.63, 3.8) is 0 Å². The highest BCUT2D eigenvalue weighted by Crippen LogP contribution is 2.44. The fraction of sp³-hybridized carbons (Fsp3) is 0.500. The SMILES string of the molecule is CC1=C(N2CCC3(CCN(C[C@H](O)c4c(F)cc(-n5cnnn5)cc4F)CC3)C2=O)COC1=O. The average Bonchev–Trinajstić information content (AvgIpc) is 3.52. The van der Waals surface area contributed by atoms with Gasteiger partial charge in [-0.15, -0.1) is 5.10 Å². The number of aliphatic hydroxyl groups excluding tert-OH is 1. The highest BCUT2D eigenvalue weighted by atomic mass is 19.1. The second-order valence-electron chi connectivity index (χ2n) is 9.03. The first-order chi connectivity index (χ1) is 16.3. The molecule has 180 valence electrons. The summed E-state index contributed by atoms with van der Waals surface area (Å²) in [5.41, 5.74) is 0.292. The third-order valence-corrected chi connectivity index (χ3v) is 7.17. The number of piperidine rings is 1. The maximum Gasteiger partial charge on any atom is 0.336 e. The lowest BCUT2D eigenvalue weighted by Gasteiger charge is -2.38. The van der Waals surface area contributed by atoms with Crippen LogP contribution in [0.2, 0.25) is 0 Å². The summed E-state index contributed by atoms with van der Waals surface area (Å²) in [6.07, 6.45) is 1.66. The number of aromatic nitrogens is 4. The van der Waals surface area contributed by atoms with Gasteiger partial charge < -0.3 is 19.6 Å². The molecule has 3 aliphatic rings. The fourth-order valence-electron chi connectivity index (χ4n) is 5.09. The molecule has 34 heavy (non-hydrogen) atoms. The minimum atomic E-state index is -1.37. The first kappa shape index (κ1) is 22.5. The number of halogens is 2. The summed E-state index contributed by atoms with van der Waals surface area (Å²) in [6.45, 7) is 3.38. The van der Waals surface area contributed by atoms with Crippen molar-refractivity contribution in [3.8, 4) is 5.69 Å². The van der Waals surface area contributed by atoms with Crippen LogP contribution in [0, 0.1) is 17.0 Å². The fourth-order valence-corrected chi connectivity index (χ4v) is 5.09. The van der Waals surface area contributed by atoms with E-state index in [1.165, 1.54) is 6.33 Å². The number of likely N-dealkylation sites (tertiary alicyclic amines) is 2. The zero-order valence-corrected chi connectivity index (χ0v) is 18.6. The molecular weight excluding hydrogens is 450 g/mol. The number of aliphatic hydroxyl groups is 1. The summed E-state index contributed by atoms with van der Waals surface area (Å²) in [7, 11) is 0. The first-order valence-electron chi connectivity index (χ1n) is 11.1. The van der Waals surface area contributed by atoms with Gasteiger partial charge in [-0.3, -0.25) is 4.79 Å². The van der Waals surface area contributed by atoms with E-state index in [4.69, 9.17) is 4.74 Å². The van der Waals surface area contributed by atoms with Crippen molar-refractivity contribution in [2.45, 2.75) is 32.3 Å². The molecule has 0 unspecified atom stereocenters. The van der Waals surface area contributed by atoms with Gasteiger partial charge in [-0.1, -0.05) is 0 Å². The topological polar surface area (TPSA) is 114 Å². The average molecular weight is 474 g/mol. The van der Waals surface area contributed by atoms with Gasteiger partial charge in [0, 0.05) is 25.2 Å². The molecule has 1 N–H and O–H groups in total. The number of ether oxygens (including phenoxy) is 1. The van der Waals surface area contributed by atoms with Crippen molar-refractivity contribution in [1.29, 1.82) is 0 Å². The molecular formula is C22H24F2N6O4. The molecule has 0 saturated carbocycles. The molecule has 4 heterocycles. The number of tetrazole rings is 1. The van der Waals surface area contributed by atoms with Crippen LogP contribution in [0.25, 0.3) is 5.69 Å². The number of hydrogen-bond donors (Lipinski definition) is 1. The smallest absolute Gasteiger partial charge is 0.336 e. The number of amides is 1. The second kappa shape index (κ2) is 8.51. The number of carbonyl (C=O) groups is 2. The molecule has 1 amide bonds. The number of cyclic esters (lactones) is 1. The van der Waals surface area contributed by atoms with E-state index in [1.54, 1.807) is 11.8 Å². The number of rotatable bonds is 5. The van der Waals surface area contributed by atoms with Gasteiger partial charge in [0.05, 0.1) is 34.0 Å². The Morgan fingerprint density at radius 1 is 1.15 bits per heavy atom. The Morgan fingerprint density at radius 2 is 1.82 bits per heavy atom. The summed E-state index contributed by atoms with van der Waals surface area (Å²) < 4.78 is 35.5. The van der Waals surface area contributed by atoms with E-state index in [-0.39, 0.29) is 24.7 Å². The standard InChI is InChI=1S/C22H24F2N6O4/c1-13-17(11-34-20(13)32)29-7-4-22(21(29)33)2-5-28(6-3-22)10-18(31)19-15(23)8-14(9-16(19)24)30-12-25-26-27-30/h8-9,12,18,31H,2-7,10-11H2,1H3/t18-/m0/s1. The third-order valence-electron chi connectivity index (χ3n) is 7.17. The number of esters is 1. The lowest BCUT2D eigenvalue weighted by atomic mass is 9.77. The molecule has 3 aliphatic heterocycles. The van der Waals surface area contributed by atoms with Crippen molar-refractivity contribution in [3.05, 3.63) is 46.9 Å². The van der Waals surface area contributed by atoms with Crippen LogP contribution in [0.1, 0.15) is 37.9 Å². The molecule has 1 spiro atoms. The van der Waals surface area contributed by atoms with E-state index in [9.17, 15) is 23.5 Å². The number of hydrogen-bond acceptors (Lipinski definition) is 8. The van der Waals surface area contributed by atoms with Crippen molar-refractivity contribution < 1.29 is 28.2 Å². The van der Waals surface area contributed by atoms with Crippen molar-refractivity contribution in [1.82, 2.24) is 30.0 Å². The maximum atomic E-state index is 14.7. The van der Waals surface area contributed by atoms with Crippen LogP contribution in [0.5, 0.6) is 0 Å². The molecule has 12 heteroatoms. The zero-order valence-electron chi connectivity index (χ0n) is 18.6. The van der Waals surface area contributed by atoms with Gasteiger partial charge in [-0.2, -0.15) is 0 Å². The lowest BCUT2D eigenvalue weighted by molar-refractivity contribution is -0.138. The van der Waals surface area contributed by atoms with Crippen molar-refractivity contribution in [2.24, 2.45) is 5.41 Å². The van der Waals surface area contributed by atoms with Crippen LogP contribution in [0.15, 0.2) is 29.7 Å². The Bertz CT molecular complexity index is 1140. The molecule has 0 bridgehead atoms. The molecule has 10 nitrogen and oxygen atoms in total. The van der Waals surface area contributed by atoms with E-state index >= 15 is 0 Å². The van der Waals surface area contributed by atoms with Gasteiger partial charge in [0.25, 0.3) is 0 Å². The lowest BCUT2D eigenvalue weighted by Crippen LogP contribution is -2.45. The van der Waals surface area contributed by atoms with Gasteiger partial charge in [0.15, 0.2) is 0 Å². The summed E-state index contributed by atoms with van der Waals surface area (Å²) in [5.74, 6) is -2.16. The maximum absolute atomic E-state index is 14.7. The van der Waals surface area contributed by atoms with E-state index < -0.39 is 34.7 Å². The zero-order chi connectivity index (χ0) is 24.0. The van der Waals surface area contributed by atoms with E-state index in [0.717, 1.165) is 16.8 Å². The molecule has 0 aliphatic carbocycles. The molecule has 1 aromatic carbocycles. The molecule has 1 aromatic heterocycles. The first-order valence-corrected chi connectivity index (χ1v) is 11.1. The van der Waals surface area contributed by atoms with Gasteiger partial charge in [-0.05, 0) is 49.7 Å². The summed E-state index contributed by atoms with van der Waals surface area (Å²) >= 11 is 0. The predicted octanol–water partition coefficient (Wildman–Crippen LogP) is 1.12. The van der Waals surface area contributed by atoms with E-state index in [1.807, 2.05) is 4.90 Å². The molecule has 2 aromatic rings. The van der Waals surface area contributed by atoms with Crippen molar-refractivity contribution >= 4 is 11.9 Å². The van der Waals surface area contributed by atoms with Crippen LogP contribution < -0.4 is 0 Å². The summed E-state index contributed by atoms with van der Waals surface area (Å²) in [4.78, 5) is 28.5. The monoisotopic (exact) mass is 474 g/mol. The minimum Gasteiger partial charge on any atom is -0.456 e. The van der Waals surface area contributed by atoms with Crippen molar-refractivity contribution in [2.75, 3.05) is 32.8 Å². The third kappa shape index (κ3) is 3.76. The summed E-state index contributed by atoms with van der Waals surface area (Å²) in [5, 5.41) is 21.1. The van der Waals surface area contributed by atoms with Crippen LogP contribution in [-0.4, -0.2) is 79.8 Å². The van der Waals surface area contributed by atoms with Crippen LogP contribution in [0.4, 0.5) is 8.78 Å². The van der Waals surface area contributed by atoms with Gasteiger partial charge in [-0.25, -0.2) is 18.3 Å². The Morgan fingerprint density at radius 3 is 2.41 bits per heavy atom. The number of carbonyl (C=O) groups excluding carboxylic acids is 2. The van der Waals surface area contributed by atoms with Crippen LogP contribution in [-0.2, 0) is 14.3 Å². The minimum absolute atomic E-state index is 0.00405. The normalized spacial score (nSPS) is 21.6. The van der Waals surface area contributed by atoms with E-state index in [2.05, 4.69) is 15.5 Å². The summed E-state index contributed by atoms with van der Waals surface area (Å²) in [6, 6.07) is 2.15. The number of benzene rings is 1. The Hall–Kier alpha value is -3.25. The molecule has 0 radical (unpaired) electrons. The largest absolute Gasteiger partial charge is 0.456 e. The second-order valence-corrected chi connectivity index (χ2v) is 9.03. The highest BCUT2D eigenvalue weighted by Gasteiger charge is 2.50. The quantitative estimate of drug-likeness (QED) is 0.642. The molecule has 5 rings (SSSR count). The van der Waals surface area contributed by atoms with Crippen LogP contribution >= 0.6 is 0 Å². The van der Waals surface area contributed by atoms with E-state index in [0.29, 0.717) is 50.2 Å². The highest BCUT2D eigenvalue weighted by molar-refractivity contribution is 5.94. The van der Waals surface area contributed by atoms with Crippen LogP contribution in [0.3, 0.4) is 0 Å². The number of nitrogens with zero attached hydrogens (tertiary/aromatic N) is 6. The molecule has 2 fully saturated rings. The Labute approximate surface area is 193 Å². The predicted molar refractivity (Wildman–Crippen MR) is 112 cm³/mol. The Kier molecular flexibility index (Phi) is 5.64. The van der Waals surface area contributed by atoms with Gasteiger partial charge >= 0.3 is 5.97 Å². The Balaban J connectivity index is 1.23. The van der Waals surface area contributed by atoms with Gasteiger partial charge in [0.2, 0.25) is 5.91 Å². The van der Waals surface area contributed by atoms with Gasteiger partial charge in [0.1, 0.15) is 24.6 Å². The molecule has 2 saturated heterocycles. The number of β-amino-alcohol motifs (C(OH)–C–C–N with tert-alkyl or cyclic N) is 1. The molecule has 1 atom stereocenters.